The zero-order chi connectivity index (χ0) is 13.1. The standard InChI is InChI=1S/C10H7Br2ClN4O/c1-18-10-16-8(13)15-9(17-10)14-7-3-2-5(11)4-6(7)12/h2-4H,1H3,(H,14,15,16,17). The van der Waals surface area contributed by atoms with E-state index in [0.29, 0.717) is 5.95 Å². The Labute approximate surface area is 125 Å². The fraction of sp³-hybridized carbons (Fsp3) is 0.100. The average molecular weight is 394 g/mol. The first kappa shape index (κ1) is 13.5. The third-order valence-electron chi connectivity index (χ3n) is 1.95. The van der Waals surface area contributed by atoms with Gasteiger partial charge in [0.25, 0.3) is 0 Å². The highest BCUT2D eigenvalue weighted by molar-refractivity contribution is 9.11. The lowest BCUT2D eigenvalue weighted by atomic mass is 10.3. The lowest BCUT2D eigenvalue weighted by Crippen LogP contribution is -2.02. The molecule has 1 N–H and O–H groups in total. The molecule has 0 spiro atoms. The minimum atomic E-state index is 0.0672. The molecular formula is C10H7Br2ClN4O. The van der Waals surface area contributed by atoms with Crippen LogP contribution in [0.4, 0.5) is 11.6 Å². The first-order valence-corrected chi connectivity index (χ1v) is 6.72. The number of nitrogens with zero attached hydrogens (tertiary/aromatic N) is 3. The number of hydrogen-bond acceptors (Lipinski definition) is 5. The molecule has 94 valence electrons. The number of nitrogens with one attached hydrogen (secondary N) is 1. The third-order valence-corrected chi connectivity index (χ3v) is 3.27. The van der Waals surface area contributed by atoms with E-state index in [1.54, 1.807) is 0 Å². The molecule has 1 aromatic heterocycles. The zero-order valence-corrected chi connectivity index (χ0v) is 13.0. The molecule has 0 amide bonds. The predicted molar refractivity (Wildman–Crippen MR) is 76.5 cm³/mol. The molecule has 0 saturated heterocycles. The molecule has 0 saturated carbocycles. The molecule has 0 atom stereocenters. The molecule has 0 unspecified atom stereocenters. The van der Waals surface area contributed by atoms with Crippen molar-refractivity contribution >= 4 is 55.1 Å². The van der Waals surface area contributed by atoms with Gasteiger partial charge in [-0.05, 0) is 45.7 Å². The van der Waals surface area contributed by atoms with E-state index in [1.165, 1.54) is 7.11 Å². The van der Waals surface area contributed by atoms with Gasteiger partial charge in [-0.15, -0.1) is 0 Å². The molecule has 18 heavy (non-hydrogen) atoms. The lowest BCUT2D eigenvalue weighted by Gasteiger charge is -2.08. The van der Waals surface area contributed by atoms with Crippen LogP contribution in [0.15, 0.2) is 27.1 Å². The third kappa shape index (κ3) is 3.30. The van der Waals surface area contributed by atoms with Crippen molar-refractivity contribution in [2.75, 3.05) is 12.4 Å². The van der Waals surface area contributed by atoms with Gasteiger partial charge in [0, 0.05) is 8.95 Å². The summed E-state index contributed by atoms with van der Waals surface area (Å²) in [5.41, 5.74) is 0.808. The summed E-state index contributed by atoms with van der Waals surface area (Å²) in [5, 5.41) is 3.09. The van der Waals surface area contributed by atoms with Crippen molar-refractivity contribution < 1.29 is 4.74 Å². The largest absolute Gasteiger partial charge is 0.467 e. The highest BCUT2D eigenvalue weighted by Crippen LogP contribution is 2.28. The van der Waals surface area contributed by atoms with Crippen LogP contribution in [0.25, 0.3) is 0 Å². The number of aromatic nitrogens is 3. The summed E-state index contributed by atoms with van der Waals surface area (Å²) in [5.74, 6) is 0.315. The van der Waals surface area contributed by atoms with Crippen molar-refractivity contribution in [3.05, 3.63) is 32.4 Å². The van der Waals surface area contributed by atoms with Gasteiger partial charge in [-0.3, -0.25) is 0 Å². The maximum Gasteiger partial charge on any atom is 0.322 e. The van der Waals surface area contributed by atoms with E-state index >= 15 is 0 Å². The maximum atomic E-state index is 5.76. The summed E-state index contributed by atoms with van der Waals surface area (Å²) >= 11 is 12.6. The van der Waals surface area contributed by atoms with Crippen molar-refractivity contribution in [1.29, 1.82) is 0 Å². The van der Waals surface area contributed by atoms with E-state index in [0.717, 1.165) is 14.6 Å². The van der Waals surface area contributed by atoms with Gasteiger partial charge in [0.2, 0.25) is 11.2 Å². The topological polar surface area (TPSA) is 59.9 Å². The number of hydrogen-bond donors (Lipinski definition) is 1. The summed E-state index contributed by atoms with van der Waals surface area (Å²) in [6.07, 6.45) is 0. The van der Waals surface area contributed by atoms with Crippen LogP contribution < -0.4 is 10.1 Å². The predicted octanol–water partition coefficient (Wildman–Crippen LogP) is 3.80. The Kier molecular flexibility index (Phi) is 4.36. The fourth-order valence-corrected chi connectivity index (χ4v) is 2.49. The quantitative estimate of drug-likeness (QED) is 0.858. The molecule has 0 aliphatic heterocycles. The molecule has 0 aliphatic rings. The van der Waals surface area contributed by atoms with Crippen molar-refractivity contribution in [2.45, 2.75) is 0 Å². The first-order chi connectivity index (χ1) is 8.58. The molecule has 0 radical (unpaired) electrons. The van der Waals surface area contributed by atoms with E-state index in [1.807, 2.05) is 18.2 Å². The molecule has 0 bridgehead atoms. The second-order valence-electron chi connectivity index (χ2n) is 3.16. The summed E-state index contributed by atoms with van der Waals surface area (Å²) < 4.78 is 6.75. The lowest BCUT2D eigenvalue weighted by molar-refractivity contribution is 0.379. The van der Waals surface area contributed by atoms with Crippen LogP contribution in [0.2, 0.25) is 5.28 Å². The molecular weight excluding hydrogens is 387 g/mol. The number of methoxy groups -OCH3 is 1. The number of ether oxygens (including phenoxy) is 1. The van der Waals surface area contributed by atoms with Gasteiger partial charge < -0.3 is 10.1 Å². The number of benzene rings is 1. The molecule has 1 heterocycles. The Bertz CT molecular complexity index is 582. The normalized spacial score (nSPS) is 10.2. The van der Waals surface area contributed by atoms with Crippen LogP contribution in [0.1, 0.15) is 0 Å². The van der Waals surface area contributed by atoms with Crippen LogP contribution >= 0.6 is 43.5 Å². The van der Waals surface area contributed by atoms with Gasteiger partial charge in [-0.2, -0.15) is 15.0 Å². The van der Waals surface area contributed by atoms with Crippen LogP contribution in [-0.4, -0.2) is 22.1 Å². The fourth-order valence-electron chi connectivity index (χ4n) is 1.19. The van der Waals surface area contributed by atoms with Crippen molar-refractivity contribution in [3.63, 3.8) is 0 Å². The molecule has 2 aromatic rings. The average Bonchev–Trinajstić information content (AvgIpc) is 2.32. The van der Waals surface area contributed by atoms with Crippen LogP contribution in [0, 0.1) is 0 Å². The van der Waals surface area contributed by atoms with Crippen LogP contribution in [0.5, 0.6) is 6.01 Å². The first-order valence-electron chi connectivity index (χ1n) is 4.76. The van der Waals surface area contributed by atoms with Crippen LogP contribution in [-0.2, 0) is 0 Å². The summed E-state index contributed by atoms with van der Waals surface area (Å²) in [6.45, 7) is 0. The number of rotatable bonds is 3. The van der Waals surface area contributed by atoms with Gasteiger partial charge in [-0.25, -0.2) is 0 Å². The number of halogens is 3. The molecule has 1 aromatic carbocycles. The van der Waals surface area contributed by atoms with E-state index in [2.05, 4.69) is 52.1 Å². The maximum absolute atomic E-state index is 5.76. The molecule has 8 heteroatoms. The minimum absolute atomic E-state index is 0.0672. The van der Waals surface area contributed by atoms with E-state index in [9.17, 15) is 0 Å². The van der Waals surface area contributed by atoms with Crippen molar-refractivity contribution in [3.8, 4) is 6.01 Å². The summed E-state index contributed by atoms with van der Waals surface area (Å²) in [6, 6.07) is 5.83. The molecule has 2 rings (SSSR count). The van der Waals surface area contributed by atoms with Gasteiger partial charge in [-0.1, -0.05) is 15.9 Å². The Morgan fingerprint density at radius 1 is 1.22 bits per heavy atom. The van der Waals surface area contributed by atoms with Crippen molar-refractivity contribution in [2.24, 2.45) is 0 Å². The zero-order valence-electron chi connectivity index (χ0n) is 9.12. The smallest absolute Gasteiger partial charge is 0.322 e. The van der Waals surface area contributed by atoms with Crippen LogP contribution in [0.3, 0.4) is 0 Å². The Morgan fingerprint density at radius 3 is 2.67 bits per heavy atom. The summed E-state index contributed by atoms with van der Waals surface area (Å²) in [4.78, 5) is 11.8. The van der Waals surface area contributed by atoms with Gasteiger partial charge in [0.15, 0.2) is 0 Å². The SMILES string of the molecule is COc1nc(Cl)nc(Nc2ccc(Br)cc2Br)n1. The van der Waals surface area contributed by atoms with Gasteiger partial charge >= 0.3 is 6.01 Å². The molecule has 0 fully saturated rings. The van der Waals surface area contributed by atoms with E-state index in [-0.39, 0.29) is 11.3 Å². The monoisotopic (exact) mass is 392 g/mol. The van der Waals surface area contributed by atoms with Gasteiger partial charge in [0.1, 0.15) is 0 Å². The Balaban J connectivity index is 2.30. The van der Waals surface area contributed by atoms with E-state index in [4.69, 9.17) is 16.3 Å². The van der Waals surface area contributed by atoms with Crippen molar-refractivity contribution in [1.82, 2.24) is 15.0 Å². The second kappa shape index (κ2) is 5.81. The highest BCUT2D eigenvalue weighted by Gasteiger charge is 2.07. The second-order valence-corrected chi connectivity index (χ2v) is 5.27. The highest BCUT2D eigenvalue weighted by atomic mass is 79.9. The summed E-state index contributed by atoms with van der Waals surface area (Å²) in [7, 11) is 1.46. The number of anilines is 2. The minimum Gasteiger partial charge on any atom is -0.467 e. The molecule has 5 nitrogen and oxygen atoms in total. The van der Waals surface area contributed by atoms with E-state index < -0.39 is 0 Å². The Morgan fingerprint density at radius 2 is 2.00 bits per heavy atom. The molecule has 0 aliphatic carbocycles. The van der Waals surface area contributed by atoms with Gasteiger partial charge in [0.05, 0.1) is 12.8 Å². The Hall–Kier alpha value is -0.920.